The number of methoxy groups -OCH3 is 1. The number of likely N-dealkylation sites (tertiary alicyclic amines) is 1. The second kappa shape index (κ2) is 7.98. The number of imide groups is 1. The van der Waals surface area contributed by atoms with E-state index in [0.717, 1.165) is 35.5 Å². The number of carbonyl (C=O) groups excluding carboxylic acids is 3. The highest BCUT2D eigenvalue weighted by Crippen LogP contribution is 2.24. The molecule has 27 heavy (non-hydrogen) atoms. The molecule has 1 N–H and O–H groups in total. The lowest BCUT2D eigenvalue weighted by Crippen LogP contribution is -2.47. The lowest BCUT2D eigenvalue weighted by Gasteiger charge is -2.28. The van der Waals surface area contributed by atoms with Gasteiger partial charge in [0.25, 0.3) is 5.91 Å². The first-order valence-electron chi connectivity index (χ1n) is 9.48. The molecule has 0 radical (unpaired) electrons. The summed E-state index contributed by atoms with van der Waals surface area (Å²) in [6, 6.07) is 7.15. The smallest absolute Gasteiger partial charge is 0.325 e. The van der Waals surface area contributed by atoms with E-state index in [1.807, 2.05) is 24.3 Å². The van der Waals surface area contributed by atoms with Crippen molar-refractivity contribution >= 4 is 17.8 Å². The molecule has 3 rings (SSSR count). The van der Waals surface area contributed by atoms with Crippen LogP contribution in [0.15, 0.2) is 24.3 Å². The van der Waals surface area contributed by atoms with Gasteiger partial charge in [-0.15, -0.1) is 0 Å². The van der Waals surface area contributed by atoms with Crippen LogP contribution in [0.2, 0.25) is 0 Å². The number of amides is 4. The maximum absolute atomic E-state index is 12.8. The molecule has 1 atom stereocenters. The Morgan fingerprint density at radius 3 is 2.44 bits per heavy atom. The fourth-order valence-electron chi connectivity index (χ4n) is 3.63. The topological polar surface area (TPSA) is 79.0 Å². The number of nitrogens with one attached hydrogen (secondary N) is 1. The Kier molecular flexibility index (Phi) is 5.68. The number of hydrogen-bond donors (Lipinski definition) is 1. The molecule has 7 nitrogen and oxygen atoms in total. The lowest BCUT2D eigenvalue weighted by atomic mass is 9.93. The zero-order valence-corrected chi connectivity index (χ0v) is 16.0. The Balaban J connectivity index is 1.60. The van der Waals surface area contributed by atoms with E-state index < -0.39 is 11.6 Å². The number of urea groups is 1. The fourth-order valence-corrected chi connectivity index (χ4v) is 3.63. The molecule has 0 aromatic heterocycles. The van der Waals surface area contributed by atoms with Gasteiger partial charge in [-0.2, -0.15) is 0 Å². The highest BCUT2D eigenvalue weighted by Gasteiger charge is 2.48. The first kappa shape index (κ1) is 19.2. The molecule has 2 aliphatic rings. The molecule has 4 amide bonds. The van der Waals surface area contributed by atoms with Gasteiger partial charge in [0.05, 0.1) is 7.11 Å². The molecule has 0 spiro atoms. The van der Waals surface area contributed by atoms with Crippen molar-refractivity contribution in [2.45, 2.75) is 44.6 Å². The highest BCUT2D eigenvalue weighted by molar-refractivity contribution is 6.08. The summed E-state index contributed by atoms with van der Waals surface area (Å²) in [6.45, 7) is 2.96. The Labute approximate surface area is 159 Å². The van der Waals surface area contributed by atoms with E-state index in [9.17, 15) is 14.4 Å². The predicted molar refractivity (Wildman–Crippen MR) is 100 cm³/mol. The van der Waals surface area contributed by atoms with Gasteiger partial charge in [-0.1, -0.05) is 12.1 Å². The minimum absolute atomic E-state index is 0.155. The summed E-state index contributed by atoms with van der Waals surface area (Å²) in [7, 11) is 1.61. The van der Waals surface area contributed by atoms with E-state index in [1.54, 1.807) is 18.9 Å². The molecule has 0 bridgehead atoms. The van der Waals surface area contributed by atoms with Gasteiger partial charge in [0.1, 0.15) is 17.8 Å². The Morgan fingerprint density at radius 1 is 1.15 bits per heavy atom. The van der Waals surface area contributed by atoms with Gasteiger partial charge in [0.2, 0.25) is 5.91 Å². The zero-order chi connectivity index (χ0) is 19.4. The molecular formula is C20H27N3O4. The van der Waals surface area contributed by atoms with E-state index >= 15 is 0 Å². The molecule has 2 aliphatic heterocycles. The fraction of sp³-hybridized carbons (Fsp3) is 0.550. The summed E-state index contributed by atoms with van der Waals surface area (Å²) in [4.78, 5) is 40.4. The van der Waals surface area contributed by atoms with Crippen molar-refractivity contribution in [1.82, 2.24) is 15.1 Å². The molecule has 1 aromatic carbocycles. The molecular weight excluding hydrogens is 346 g/mol. The number of hydrogen-bond acceptors (Lipinski definition) is 4. The van der Waals surface area contributed by atoms with Crippen LogP contribution in [0.1, 0.15) is 38.2 Å². The SMILES string of the molecule is COc1ccc(CCC2(C)NC(=O)N(CC(=O)N3CCCCC3)C2=O)cc1. The van der Waals surface area contributed by atoms with E-state index in [2.05, 4.69) is 5.32 Å². The Bertz CT molecular complexity index is 712. The third kappa shape index (κ3) is 4.23. The second-order valence-corrected chi connectivity index (χ2v) is 7.44. The summed E-state index contributed by atoms with van der Waals surface area (Å²) >= 11 is 0. The summed E-state index contributed by atoms with van der Waals surface area (Å²) < 4.78 is 5.15. The second-order valence-electron chi connectivity index (χ2n) is 7.44. The van der Waals surface area contributed by atoms with Gasteiger partial charge < -0.3 is 15.0 Å². The van der Waals surface area contributed by atoms with E-state index in [1.165, 1.54) is 0 Å². The number of benzene rings is 1. The summed E-state index contributed by atoms with van der Waals surface area (Å²) in [6.07, 6.45) is 4.19. The van der Waals surface area contributed by atoms with Gasteiger partial charge in [-0.25, -0.2) is 4.79 Å². The molecule has 146 valence electrons. The van der Waals surface area contributed by atoms with E-state index in [-0.39, 0.29) is 18.4 Å². The molecule has 2 heterocycles. The Hall–Kier alpha value is -2.57. The van der Waals surface area contributed by atoms with Crippen LogP contribution in [0.4, 0.5) is 4.79 Å². The van der Waals surface area contributed by atoms with Crippen LogP contribution in [0.25, 0.3) is 0 Å². The normalized spacial score (nSPS) is 22.7. The van der Waals surface area contributed by atoms with Gasteiger partial charge in [-0.05, 0) is 56.7 Å². The Morgan fingerprint density at radius 2 is 1.81 bits per heavy atom. The number of aryl methyl sites for hydroxylation is 1. The number of ether oxygens (including phenoxy) is 1. The minimum atomic E-state index is -0.987. The van der Waals surface area contributed by atoms with E-state index in [0.29, 0.717) is 25.9 Å². The van der Waals surface area contributed by atoms with Crippen molar-refractivity contribution in [1.29, 1.82) is 0 Å². The summed E-state index contributed by atoms with van der Waals surface area (Å²) in [5.74, 6) is 0.293. The average molecular weight is 373 g/mol. The maximum Gasteiger partial charge on any atom is 0.325 e. The lowest BCUT2D eigenvalue weighted by molar-refractivity contribution is -0.139. The van der Waals surface area contributed by atoms with Crippen LogP contribution in [-0.2, 0) is 16.0 Å². The van der Waals surface area contributed by atoms with Crippen molar-refractivity contribution in [2.75, 3.05) is 26.7 Å². The van der Waals surface area contributed by atoms with Crippen molar-refractivity contribution < 1.29 is 19.1 Å². The zero-order valence-electron chi connectivity index (χ0n) is 16.0. The standard InChI is InChI=1S/C20H27N3O4/c1-20(11-10-15-6-8-16(27-2)9-7-15)18(25)23(19(26)21-20)14-17(24)22-12-4-3-5-13-22/h6-9H,3-5,10-14H2,1-2H3,(H,21,26). The van der Waals surface area contributed by atoms with Crippen molar-refractivity contribution in [3.63, 3.8) is 0 Å². The predicted octanol–water partition coefficient (Wildman–Crippen LogP) is 1.95. The van der Waals surface area contributed by atoms with Gasteiger partial charge in [0, 0.05) is 13.1 Å². The van der Waals surface area contributed by atoms with Crippen LogP contribution >= 0.6 is 0 Å². The van der Waals surface area contributed by atoms with Crippen LogP contribution in [0.5, 0.6) is 5.75 Å². The quantitative estimate of drug-likeness (QED) is 0.773. The number of carbonyl (C=O) groups is 3. The molecule has 1 aromatic rings. The molecule has 7 heteroatoms. The average Bonchev–Trinajstić information content (AvgIpc) is 2.91. The monoisotopic (exact) mass is 373 g/mol. The third-order valence-corrected chi connectivity index (χ3v) is 5.42. The maximum atomic E-state index is 12.8. The molecule has 2 fully saturated rings. The van der Waals surface area contributed by atoms with Gasteiger partial charge in [-0.3, -0.25) is 14.5 Å². The van der Waals surface area contributed by atoms with Gasteiger partial charge in [0.15, 0.2) is 0 Å². The van der Waals surface area contributed by atoms with Gasteiger partial charge >= 0.3 is 6.03 Å². The van der Waals surface area contributed by atoms with Crippen molar-refractivity contribution in [2.24, 2.45) is 0 Å². The highest BCUT2D eigenvalue weighted by atomic mass is 16.5. The van der Waals surface area contributed by atoms with Crippen LogP contribution in [0.3, 0.4) is 0 Å². The largest absolute Gasteiger partial charge is 0.497 e. The van der Waals surface area contributed by atoms with Crippen LogP contribution in [-0.4, -0.2) is 59.9 Å². The van der Waals surface area contributed by atoms with Crippen LogP contribution in [0, 0.1) is 0 Å². The molecule has 1 unspecified atom stereocenters. The van der Waals surface area contributed by atoms with Crippen LogP contribution < -0.4 is 10.1 Å². The summed E-state index contributed by atoms with van der Waals surface area (Å²) in [5.41, 5.74) is 0.0704. The number of piperidine rings is 1. The molecule has 2 saturated heterocycles. The van der Waals surface area contributed by atoms with Crippen molar-refractivity contribution in [3.8, 4) is 5.75 Å². The molecule has 0 saturated carbocycles. The summed E-state index contributed by atoms with van der Waals surface area (Å²) in [5, 5.41) is 2.77. The first-order chi connectivity index (χ1) is 12.9. The van der Waals surface area contributed by atoms with E-state index in [4.69, 9.17) is 4.74 Å². The first-order valence-corrected chi connectivity index (χ1v) is 9.48. The molecule has 0 aliphatic carbocycles. The third-order valence-electron chi connectivity index (χ3n) is 5.42. The van der Waals surface area contributed by atoms with Crippen molar-refractivity contribution in [3.05, 3.63) is 29.8 Å². The number of nitrogens with zero attached hydrogens (tertiary/aromatic N) is 2. The number of rotatable bonds is 6. The minimum Gasteiger partial charge on any atom is -0.497 e.